The highest BCUT2D eigenvalue weighted by atomic mass is 32.2. The lowest BCUT2D eigenvalue weighted by Gasteiger charge is -2.23. The molecule has 2 fully saturated rings. The third-order valence-corrected chi connectivity index (χ3v) is 6.08. The molecular formula is C19H27N3OS. The Hall–Kier alpha value is -1.49. The van der Waals surface area contributed by atoms with Gasteiger partial charge in [-0.25, -0.2) is 0 Å². The molecule has 1 unspecified atom stereocenters. The van der Waals surface area contributed by atoms with Gasteiger partial charge in [-0.2, -0.15) is 0 Å². The van der Waals surface area contributed by atoms with E-state index in [-0.39, 0.29) is 11.9 Å². The third-order valence-electron chi connectivity index (χ3n) is 4.88. The van der Waals surface area contributed by atoms with Crippen LogP contribution >= 0.6 is 11.8 Å². The minimum atomic E-state index is 0.121. The zero-order chi connectivity index (χ0) is 16.8. The average Bonchev–Trinajstić information content (AvgIpc) is 2.95. The Labute approximate surface area is 149 Å². The topological polar surface area (TPSA) is 44.7 Å². The van der Waals surface area contributed by atoms with E-state index in [2.05, 4.69) is 17.3 Å². The highest BCUT2D eigenvalue weighted by Gasteiger charge is 2.29. The van der Waals surface area contributed by atoms with E-state index in [1.54, 1.807) is 11.8 Å². The van der Waals surface area contributed by atoms with Crippen LogP contribution in [0.15, 0.2) is 35.3 Å². The first-order valence-corrected chi connectivity index (χ1v) is 9.95. The molecular weight excluding hydrogens is 318 g/mol. The van der Waals surface area contributed by atoms with Gasteiger partial charge in [0.2, 0.25) is 5.91 Å². The lowest BCUT2D eigenvalue weighted by atomic mass is 9.96. The minimum Gasteiger partial charge on any atom is -0.352 e. The number of hydrogen-bond donors (Lipinski definition) is 1. The van der Waals surface area contributed by atoms with Crippen LogP contribution in [0.3, 0.4) is 0 Å². The van der Waals surface area contributed by atoms with Crippen LogP contribution < -0.4 is 5.32 Å². The fourth-order valence-electron chi connectivity index (χ4n) is 3.31. The quantitative estimate of drug-likeness (QED) is 0.889. The smallest absolute Gasteiger partial charge is 0.222 e. The molecule has 0 bridgehead atoms. The lowest BCUT2D eigenvalue weighted by molar-refractivity contribution is -0.121. The van der Waals surface area contributed by atoms with Gasteiger partial charge in [-0.05, 0) is 18.4 Å². The number of carbonyl (C=O) groups excluding carboxylic acids is 1. The molecule has 1 N–H and O–H groups in total. The van der Waals surface area contributed by atoms with Crippen LogP contribution in [0.2, 0.25) is 0 Å². The summed E-state index contributed by atoms with van der Waals surface area (Å²) >= 11 is 1.80. The summed E-state index contributed by atoms with van der Waals surface area (Å²) in [6.45, 7) is 0.603. The molecule has 0 radical (unpaired) electrons. The minimum absolute atomic E-state index is 0.121. The second kappa shape index (κ2) is 8.56. The molecule has 1 saturated heterocycles. The maximum absolute atomic E-state index is 12.2. The van der Waals surface area contributed by atoms with E-state index < -0.39 is 0 Å². The Morgan fingerprint density at radius 1 is 1.25 bits per heavy atom. The first-order valence-electron chi connectivity index (χ1n) is 8.96. The van der Waals surface area contributed by atoms with Crippen LogP contribution in [0, 0.1) is 0 Å². The summed E-state index contributed by atoms with van der Waals surface area (Å²) in [7, 11) is 2.08. The van der Waals surface area contributed by atoms with Crippen LogP contribution in [-0.2, 0) is 11.3 Å². The van der Waals surface area contributed by atoms with Gasteiger partial charge in [0.15, 0.2) is 5.17 Å². The van der Waals surface area contributed by atoms with Crippen LogP contribution in [0.25, 0.3) is 0 Å². The average molecular weight is 346 g/mol. The third kappa shape index (κ3) is 4.76. The molecule has 3 rings (SSSR count). The van der Waals surface area contributed by atoms with Crippen LogP contribution in [-0.4, -0.2) is 40.9 Å². The van der Waals surface area contributed by atoms with Gasteiger partial charge in [-0.15, -0.1) is 0 Å². The highest BCUT2D eigenvalue weighted by Crippen LogP contribution is 2.28. The first-order chi connectivity index (χ1) is 11.7. The summed E-state index contributed by atoms with van der Waals surface area (Å²) in [5.74, 6) is 1.08. The fraction of sp³-hybridized carbons (Fsp3) is 0.579. The SMILES string of the molecule is CN1C(=NC2CCCCC2)SCC1CC(=O)NCc1ccccc1. The molecule has 1 aliphatic heterocycles. The van der Waals surface area contributed by atoms with E-state index in [1.165, 1.54) is 32.1 Å². The molecule has 5 heteroatoms. The molecule has 1 heterocycles. The van der Waals surface area contributed by atoms with Crippen molar-refractivity contribution in [2.45, 2.75) is 57.2 Å². The van der Waals surface area contributed by atoms with Crippen molar-refractivity contribution < 1.29 is 4.79 Å². The molecule has 1 aromatic carbocycles. The predicted molar refractivity (Wildman–Crippen MR) is 101 cm³/mol. The van der Waals surface area contributed by atoms with E-state index in [0.29, 0.717) is 19.0 Å². The van der Waals surface area contributed by atoms with Gasteiger partial charge in [-0.3, -0.25) is 9.79 Å². The van der Waals surface area contributed by atoms with Crippen molar-refractivity contribution in [3.05, 3.63) is 35.9 Å². The molecule has 1 aromatic rings. The Morgan fingerprint density at radius 2 is 2.00 bits per heavy atom. The molecule has 2 aliphatic rings. The van der Waals surface area contributed by atoms with Gasteiger partial charge in [0.1, 0.15) is 0 Å². The van der Waals surface area contributed by atoms with Crippen molar-refractivity contribution in [1.29, 1.82) is 0 Å². The summed E-state index contributed by atoms with van der Waals surface area (Å²) in [4.78, 5) is 19.4. The number of benzene rings is 1. The second-order valence-corrected chi connectivity index (χ2v) is 7.73. The number of aliphatic imine (C=N–C) groups is 1. The van der Waals surface area contributed by atoms with Gasteiger partial charge in [0.05, 0.1) is 6.04 Å². The maximum Gasteiger partial charge on any atom is 0.222 e. The van der Waals surface area contributed by atoms with E-state index >= 15 is 0 Å². The van der Waals surface area contributed by atoms with E-state index in [4.69, 9.17) is 4.99 Å². The van der Waals surface area contributed by atoms with Gasteiger partial charge in [0.25, 0.3) is 0 Å². The molecule has 130 valence electrons. The summed E-state index contributed by atoms with van der Waals surface area (Å²) in [6, 6.07) is 10.8. The van der Waals surface area contributed by atoms with Gasteiger partial charge >= 0.3 is 0 Å². The molecule has 0 spiro atoms. The van der Waals surface area contributed by atoms with Crippen molar-refractivity contribution in [3.8, 4) is 0 Å². The van der Waals surface area contributed by atoms with Crippen LogP contribution in [0.4, 0.5) is 0 Å². The largest absolute Gasteiger partial charge is 0.352 e. The van der Waals surface area contributed by atoms with Gasteiger partial charge < -0.3 is 10.2 Å². The monoisotopic (exact) mass is 345 g/mol. The number of hydrogen-bond acceptors (Lipinski definition) is 3. The van der Waals surface area contributed by atoms with Crippen molar-refractivity contribution in [2.75, 3.05) is 12.8 Å². The summed E-state index contributed by atoms with van der Waals surface area (Å²) in [6.07, 6.45) is 6.96. The summed E-state index contributed by atoms with van der Waals surface area (Å²) in [5, 5.41) is 4.16. The Morgan fingerprint density at radius 3 is 2.75 bits per heavy atom. The fourth-order valence-corrected chi connectivity index (χ4v) is 4.57. The van der Waals surface area contributed by atoms with Gasteiger partial charge in [-0.1, -0.05) is 61.4 Å². The summed E-state index contributed by atoms with van der Waals surface area (Å²) in [5.41, 5.74) is 1.14. The maximum atomic E-state index is 12.2. The number of carbonyl (C=O) groups is 1. The molecule has 24 heavy (non-hydrogen) atoms. The normalized spacial score (nSPS) is 23.6. The van der Waals surface area contributed by atoms with Crippen molar-refractivity contribution in [2.24, 2.45) is 4.99 Å². The Kier molecular flexibility index (Phi) is 6.18. The number of nitrogens with one attached hydrogen (secondary N) is 1. The molecule has 1 saturated carbocycles. The van der Waals surface area contributed by atoms with Crippen LogP contribution in [0.5, 0.6) is 0 Å². The molecule has 1 aliphatic carbocycles. The van der Waals surface area contributed by atoms with Gasteiger partial charge in [0, 0.05) is 31.8 Å². The zero-order valence-corrected chi connectivity index (χ0v) is 15.2. The molecule has 1 amide bonds. The number of amidine groups is 1. The van der Waals surface area contributed by atoms with E-state index in [0.717, 1.165) is 16.5 Å². The molecule has 1 atom stereocenters. The highest BCUT2D eigenvalue weighted by molar-refractivity contribution is 8.14. The first kappa shape index (κ1) is 17.3. The Balaban J connectivity index is 1.47. The van der Waals surface area contributed by atoms with Crippen molar-refractivity contribution in [1.82, 2.24) is 10.2 Å². The Bertz CT molecular complexity index is 569. The lowest BCUT2D eigenvalue weighted by Crippen LogP contribution is -2.36. The standard InChI is InChI=1S/C19H27N3OS/c1-22-17(12-18(23)20-13-15-8-4-2-5-9-15)14-24-19(22)21-16-10-6-3-7-11-16/h2,4-5,8-9,16-17H,3,6-7,10-14H2,1H3,(H,20,23). The second-order valence-electron chi connectivity index (χ2n) is 6.75. The number of amides is 1. The zero-order valence-electron chi connectivity index (χ0n) is 14.4. The van der Waals surface area contributed by atoms with Crippen molar-refractivity contribution >= 4 is 22.8 Å². The predicted octanol–water partition coefficient (Wildman–Crippen LogP) is 3.43. The number of nitrogens with zero attached hydrogens (tertiary/aromatic N) is 2. The number of rotatable bonds is 5. The van der Waals surface area contributed by atoms with E-state index in [1.807, 2.05) is 30.3 Å². The summed E-state index contributed by atoms with van der Waals surface area (Å²) < 4.78 is 0. The van der Waals surface area contributed by atoms with E-state index in [9.17, 15) is 4.79 Å². The number of thioether (sulfide) groups is 1. The van der Waals surface area contributed by atoms with Crippen molar-refractivity contribution in [3.63, 3.8) is 0 Å². The molecule has 4 nitrogen and oxygen atoms in total. The molecule has 0 aromatic heterocycles. The van der Waals surface area contributed by atoms with Crippen LogP contribution in [0.1, 0.15) is 44.1 Å².